The van der Waals surface area contributed by atoms with E-state index in [1.54, 1.807) is 0 Å². The average Bonchev–Trinajstić information content (AvgIpc) is 2.54. The topological polar surface area (TPSA) is 17.1 Å². The van der Waals surface area contributed by atoms with Crippen molar-refractivity contribution >= 4 is 24.2 Å². The second kappa shape index (κ2) is 6.48. The molecule has 0 aliphatic rings. The standard InChI is InChI=1S/C18H20OSi/c1-3-16(19)14-15-20(2,17-10-6-4-7-11-17)18-12-8-5-9-13-18/h3-13H,1,14-15H2,2H3. The first-order valence-electron chi connectivity index (χ1n) is 6.93. The Morgan fingerprint density at radius 1 is 1.00 bits per heavy atom. The lowest BCUT2D eigenvalue weighted by molar-refractivity contribution is -0.114. The molecule has 0 atom stereocenters. The summed E-state index contributed by atoms with van der Waals surface area (Å²) < 4.78 is 0. The fraction of sp³-hybridized carbons (Fsp3) is 0.167. The van der Waals surface area contributed by atoms with E-state index in [0.717, 1.165) is 6.04 Å². The van der Waals surface area contributed by atoms with E-state index in [-0.39, 0.29) is 5.78 Å². The molecule has 0 N–H and O–H groups in total. The molecule has 102 valence electrons. The number of hydrogen-bond donors (Lipinski definition) is 0. The molecule has 0 saturated heterocycles. The van der Waals surface area contributed by atoms with Crippen LogP contribution in [0.2, 0.25) is 12.6 Å². The third-order valence-electron chi connectivity index (χ3n) is 3.92. The van der Waals surface area contributed by atoms with Crippen LogP contribution in [-0.4, -0.2) is 13.9 Å². The minimum Gasteiger partial charge on any atom is -0.295 e. The van der Waals surface area contributed by atoms with Crippen LogP contribution < -0.4 is 10.4 Å². The summed E-state index contributed by atoms with van der Waals surface area (Å²) >= 11 is 0. The fourth-order valence-electron chi connectivity index (χ4n) is 2.54. The van der Waals surface area contributed by atoms with Crippen LogP contribution >= 0.6 is 0 Å². The van der Waals surface area contributed by atoms with Gasteiger partial charge in [-0.25, -0.2) is 0 Å². The monoisotopic (exact) mass is 280 g/mol. The van der Waals surface area contributed by atoms with Crippen LogP contribution in [0.4, 0.5) is 0 Å². The van der Waals surface area contributed by atoms with Crippen molar-refractivity contribution in [1.29, 1.82) is 0 Å². The van der Waals surface area contributed by atoms with Crippen molar-refractivity contribution in [2.24, 2.45) is 0 Å². The van der Waals surface area contributed by atoms with E-state index < -0.39 is 8.07 Å². The van der Waals surface area contributed by atoms with Crippen LogP contribution in [0, 0.1) is 0 Å². The maximum absolute atomic E-state index is 11.6. The van der Waals surface area contributed by atoms with Crippen molar-refractivity contribution in [2.75, 3.05) is 0 Å². The summed E-state index contributed by atoms with van der Waals surface area (Å²) in [5, 5.41) is 2.76. The van der Waals surface area contributed by atoms with Gasteiger partial charge in [0.15, 0.2) is 5.78 Å². The van der Waals surface area contributed by atoms with E-state index in [1.165, 1.54) is 16.4 Å². The molecular weight excluding hydrogens is 260 g/mol. The number of allylic oxidation sites excluding steroid dienone is 1. The first kappa shape index (κ1) is 14.5. The first-order chi connectivity index (χ1) is 9.66. The van der Waals surface area contributed by atoms with E-state index in [9.17, 15) is 4.79 Å². The molecule has 0 saturated carbocycles. The van der Waals surface area contributed by atoms with Gasteiger partial charge in [0.1, 0.15) is 8.07 Å². The van der Waals surface area contributed by atoms with E-state index in [2.05, 4.69) is 61.7 Å². The molecule has 0 fully saturated rings. The van der Waals surface area contributed by atoms with Crippen molar-refractivity contribution < 1.29 is 4.79 Å². The molecule has 0 amide bonds. The molecule has 0 radical (unpaired) electrons. The van der Waals surface area contributed by atoms with E-state index in [1.807, 2.05) is 12.1 Å². The van der Waals surface area contributed by atoms with Gasteiger partial charge in [0.05, 0.1) is 0 Å². The number of rotatable bonds is 6. The molecule has 0 aliphatic heterocycles. The maximum Gasteiger partial charge on any atom is 0.154 e. The zero-order chi connectivity index (χ0) is 14.4. The molecule has 0 unspecified atom stereocenters. The normalized spacial score (nSPS) is 11.1. The Morgan fingerprint density at radius 3 is 1.85 bits per heavy atom. The fourth-order valence-corrected chi connectivity index (χ4v) is 6.06. The lowest BCUT2D eigenvalue weighted by Crippen LogP contribution is -2.55. The minimum absolute atomic E-state index is 0.135. The van der Waals surface area contributed by atoms with Crippen molar-refractivity contribution in [2.45, 2.75) is 19.0 Å². The quantitative estimate of drug-likeness (QED) is 0.587. The molecular formula is C18H20OSi. The number of carbonyl (C=O) groups excluding carboxylic acids is 1. The summed E-state index contributed by atoms with van der Waals surface area (Å²) in [4.78, 5) is 11.6. The number of hydrogen-bond acceptors (Lipinski definition) is 1. The third-order valence-corrected chi connectivity index (χ3v) is 8.39. The van der Waals surface area contributed by atoms with Crippen LogP contribution in [-0.2, 0) is 4.79 Å². The van der Waals surface area contributed by atoms with Crippen LogP contribution in [0.5, 0.6) is 0 Å². The second-order valence-electron chi connectivity index (χ2n) is 5.23. The Labute approximate surface area is 122 Å². The Hall–Kier alpha value is -1.93. The van der Waals surface area contributed by atoms with Gasteiger partial charge in [0.2, 0.25) is 0 Å². The Bertz CT molecular complexity index is 535. The molecule has 0 spiro atoms. The van der Waals surface area contributed by atoms with Gasteiger partial charge in [0, 0.05) is 6.42 Å². The Morgan fingerprint density at radius 2 is 1.45 bits per heavy atom. The van der Waals surface area contributed by atoms with E-state index in [0.29, 0.717) is 6.42 Å². The van der Waals surface area contributed by atoms with E-state index >= 15 is 0 Å². The van der Waals surface area contributed by atoms with Crippen molar-refractivity contribution in [3.05, 3.63) is 73.3 Å². The molecule has 2 rings (SSSR count). The molecule has 0 bridgehead atoms. The molecule has 0 aromatic heterocycles. The largest absolute Gasteiger partial charge is 0.295 e. The predicted octanol–water partition coefficient (Wildman–Crippen LogP) is 3.02. The molecule has 0 aliphatic carbocycles. The summed E-state index contributed by atoms with van der Waals surface area (Å²) in [7, 11) is -1.85. The van der Waals surface area contributed by atoms with Crippen LogP contribution in [0.3, 0.4) is 0 Å². The molecule has 2 heteroatoms. The van der Waals surface area contributed by atoms with E-state index in [4.69, 9.17) is 0 Å². The SMILES string of the molecule is C=CC(=O)CC[Si](C)(c1ccccc1)c1ccccc1. The summed E-state index contributed by atoms with van der Waals surface area (Å²) in [6.07, 6.45) is 2.01. The lowest BCUT2D eigenvalue weighted by Gasteiger charge is -2.28. The van der Waals surface area contributed by atoms with Crippen LogP contribution in [0.1, 0.15) is 6.42 Å². The zero-order valence-electron chi connectivity index (χ0n) is 11.9. The van der Waals surface area contributed by atoms with Gasteiger partial charge in [-0.15, -0.1) is 0 Å². The first-order valence-corrected chi connectivity index (χ1v) is 9.64. The second-order valence-corrected chi connectivity index (χ2v) is 9.55. The van der Waals surface area contributed by atoms with Gasteiger partial charge in [-0.3, -0.25) is 4.79 Å². The predicted molar refractivity (Wildman–Crippen MR) is 88.4 cm³/mol. The third kappa shape index (κ3) is 3.14. The van der Waals surface area contributed by atoms with Crippen molar-refractivity contribution in [1.82, 2.24) is 0 Å². The molecule has 2 aromatic rings. The van der Waals surface area contributed by atoms with Gasteiger partial charge >= 0.3 is 0 Å². The summed E-state index contributed by atoms with van der Waals surface area (Å²) in [5.74, 6) is 0.135. The van der Waals surface area contributed by atoms with Gasteiger partial charge < -0.3 is 0 Å². The highest BCUT2D eigenvalue weighted by molar-refractivity contribution is 7.01. The highest BCUT2D eigenvalue weighted by Crippen LogP contribution is 2.14. The van der Waals surface area contributed by atoms with Gasteiger partial charge in [-0.2, -0.15) is 0 Å². The molecule has 0 heterocycles. The molecule has 20 heavy (non-hydrogen) atoms. The lowest BCUT2D eigenvalue weighted by atomic mass is 10.3. The smallest absolute Gasteiger partial charge is 0.154 e. The highest BCUT2D eigenvalue weighted by Gasteiger charge is 2.31. The molecule has 1 nitrogen and oxygen atoms in total. The minimum atomic E-state index is -1.85. The van der Waals surface area contributed by atoms with Crippen LogP contribution in [0.15, 0.2) is 73.3 Å². The van der Waals surface area contributed by atoms with Crippen molar-refractivity contribution in [3.63, 3.8) is 0 Å². The summed E-state index contributed by atoms with van der Waals surface area (Å²) in [6, 6.07) is 22.1. The highest BCUT2D eigenvalue weighted by atomic mass is 28.3. The summed E-state index contributed by atoms with van der Waals surface area (Å²) in [6.45, 7) is 5.91. The van der Waals surface area contributed by atoms with Gasteiger partial charge in [0.25, 0.3) is 0 Å². The number of benzene rings is 2. The zero-order valence-corrected chi connectivity index (χ0v) is 12.9. The Balaban J connectivity index is 2.38. The molecule has 2 aromatic carbocycles. The average molecular weight is 280 g/mol. The number of carbonyl (C=O) groups is 1. The maximum atomic E-state index is 11.6. The number of ketones is 1. The van der Waals surface area contributed by atoms with Crippen LogP contribution in [0.25, 0.3) is 0 Å². The van der Waals surface area contributed by atoms with Gasteiger partial charge in [-0.05, 0) is 12.1 Å². The van der Waals surface area contributed by atoms with Gasteiger partial charge in [-0.1, -0.05) is 84.2 Å². The Kier molecular flexibility index (Phi) is 4.69. The summed E-state index contributed by atoms with van der Waals surface area (Å²) in [5.41, 5.74) is 0. The van der Waals surface area contributed by atoms with Crippen molar-refractivity contribution in [3.8, 4) is 0 Å².